The van der Waals surface area contributed by atoms with Crippen molar-refractivity contribution < 1.29 is 28.5 Å². The molecule has 1 fully saturated rings. The molecule has 44 heavy (non-hydrogen) atoms. The van der Waals surface area contributed by atoms with Crippen molar-refractivity contribution in [3.05, 3.63) is 109 Å². The Hall–Kier alpha value is -3.07. The molecule has 236 valence electrons. The van der Waals surface area contributed by atoms with Gasteiger partial charge in [0.05, 0.1) is 11.7 Å². The van der Waals surface area contributed by atoms with Gasteiger partial charge in [0.1, 0.15) is 12.2 Å². The highest BCUT2D eigenvalue weighted by Crippen LogP contribution is 2.38. The van der Waals surface area contributed by atoms with Gasteiger partial charge in [-0.3, -0.25) is 0 Å². The van der Waals surface area contributed by atoms with Gasteiger partial charge in [-0.15, -0.1) is 0 Å². The molecular weight excluding hydrogens is 568 g/mol. The molecule has 0 saturated carbocycles. The Bertz CT molecular complexity index is 1300. The van der Waals surface area contributed by atoms with Crippen LogP contribution in [-0.4, -0.2) is 56.2 Å². The maximum Gasteiger partial charge on any atom is 0.338 e. The van der Waals surface area contributed by atoms with Gasteiger partial charge in [0.15, 0.2) is 5.79 Å². The van der Waals surface area contributed by atoms with Crippen LogP contribution in [0.25, 0.3) is 0 Å². The molecule has 1 heterocycles. The van der Waals surface area contributed by atoms with Crippen molar-refractivity contribution in [3.8, 4) is 0 Å². The first-order valence-electron chi connectivity index (χ1n) is 15.6. The molecule has 4 rings (SSSR count). The highest BCUT2D eigenvalue weighted by Gasteiger charge is 2.51. The van der Waals surface area contributed by atoms with E-state index in [1.807, 2.05) is 56.3 Å². The number of hydrogen-bond donors (Lipinski definition) is 1. The number of aliphatic hydroxyl groups is 1. The van der Waals surface area contributed by atoms with Crippen molar-refractivity contribution in [2.24, 2.45) is 0 Å². The molecule has 0 amide bonds. The van der Waals surface area contributed by atoms with Crippen LogP contribution in [0.2, 0.25) is 5.04 Å². The fraction of sp³-hybridized carbons (Fsp3) is 0.432. The number of hydrogen-bond acceptors (Lipinski definition) is 6. The van der Waals surface area contributed by atoms with Gasteiger partial charge < -0.3 is 23.7 Å². The smallest absolute Gasteiger partial charge is 0.338 e. The van der Waals surface area contributed by atoms with E-state index in [9.17, 15) is 9.90 Å². The molecule has 0 radical (unpaired) electrons. The minimum Gasteiger partial charge on any atom is -0.452 e. The Kier molecular flexibility index (Phi) is 11.4. The summed E-state index contributed by atoms with van der Waals surface area (Å²) in [6, 6.07) is 30.2. The van der Waals surface area contributed by atoms with Crippen LogP contribution in [0.15, 0.2) is 103 Å². The summed E-state index contributed by atoms with van der Waals surface area (Å²) in [5, 5.41) is 11.8. The molecule has 7 heteroatoms. The van der Waals surface area contributed by atoms with Crippen LogP contribution in [0, 0.1) is 0 Å². The molecule has 1 unspecified atom stereocenters. The molecule has 1 N–H and O–H groups in total. The summed E-state index contributed by atoms with van der Waals surface area (Å²) in [7, 11) is -2.72. The molecular formula is C37H48O6Si. The van der Waals surface area contributed by atoms with Crippen molar-refractivity contribution in [2.75, 3.05) is 6.61 Å². The molecule has 1 aliphatic heterocycles. The van der Waals surface area contributed by atoms with Gasteiger partial charge in [0.25, 0.3) is 8.32 Å². The normalized spacial score (nSPS) is 20.0. The summed E-state index contributed by atoms with van der Waals surface area (Å²) in [6.07, 6.45) is 4.05. The third-order valence-corrected chi connectivity index (χ3v) is 13.2. The number of carbonyl (C=O) groups is 1. The van der Waals surface area contributed by atoms with Crippen LogP contribution < -0.4 is 10.4 Å². The first kappa shape index (κ1) is 33.8. The number of aliphatic hydroxyl groups excluding tert-OH is 1. The quantitative estimate of drug-likeness (QED) is 0.136. The maximum atomic E-state index is 13.2. The fourth-order valence-corrected chi connectivity index (χ4v) is 10.8. The highest BCUT2D eigenvalue weighted by molar-refractivity contribution is 6.99. The summed E-state index contributed by atoms with van der Waals surface area (Å²) in [4.78, 5) is 13.2. The van der Waals surface area contributed by atoms with Crippen LogP contribution in [0.4, 0.5) is 0 Å². The van der Waals surface area contributed by atoms with Crippen LogP contribution in [-0.2, 0) is 18.6 Å². The van der Waals surface area contributed by atoms with Gasteiger partial charge in [-0.2, -0.15) is 0 Å². The average molecular weight is 617 g/mol. The SMILES string of the molecule is C[C@H](C/C=C\C(OC(=O)c1ccccc1)[C@H]1OC(C)(C)O[C@H]1CCCO)O[Si](c1ccccc1)(c1ccccc1)C(C)(C)C. The zero-order chi connectivity index (χ0) is 31.8. The van der Waals surface area contributed by atoms with Gasteiger partial charge in [-0.05, 0) is 73.7 Å². The van der Waals surface area contributed by atoms with Crippen molar-refractivity contribution in [3.63, 3.8) is 0 Å². The summed E-state index contributed by atoms with van der Waals surface area (Å²) in [5.74, 6) is -1.26. The first-order valence-corrected chi connectivity index (χ1v) is 17.6. The zero-order valence-corrected chi connectivity index (χ0v) is 27.9. The van der Waals surface area contributed by atoms with Gasteiger partial charge in [0, 0.05) is 12.7 Å². The Morgan fingerprint density at radius 2 is 1.48 bits per heavy atom. The van der Waals surface area contributed by atoms with Crippen LogP contribution >= 0.6 is 0 Å². The van der Waals surface area contributed by atoms with Crippen LogP contribution in [0.1, 0.15) is 71.2 Å². The van der Waals surface area contributed by atoms with Crippen molar-refractivity contribution >= 4 is 24.7 Å². The van der Waals surface area contributed by atoms with E-state index < -0.39 is 32.3 Å². The lowest BCUT2D eigenvalue weighted by molar-refractivity contribution is -0.153. The highest BCUT2D eigenvalue weighted by atomic mass is 28.4. The zero-order valence-electron chi connectivity index (χ0n) is 26.9. The topological polar surface area (TPSA) is 74.2 Å². The Morgan fingerprint density at radius 1 is 0.932 bits per heavy atom. The number of esters is 1. The largest absolute Gasteiger partial charge is 0.452 e. The molecule has 1 saturated heterocycles. The second-order valence-electron chi connectivity index (χ2n) is 13.0. The molecule has 0 spiro atoms. The Labute approximate surface area is 264 Å². The second-order valence-corrected chi connectivity index (χ2v) is 17.2. The summed E-state index contributed by atoms with van der Waals surface area (Å²) >= 11 is 0. The lowest BCUT2D eigenvalue weighted by Crippen LogP contribution is -2.67. The maximum absolute atomic E-state index is 13.2. The third-order valence-electron chi connectivity index (χ3n) is 8.03. The van der Waals surface area contributed by atoms with E-state index in [1.165, 1.54) is 10.4 Å². The average Bonchev–Trinajstić information content (AvgIpc) is 3.32. The minimum atomic E-state index is -2.72. The predicted octanol–water partition coefficient (Wildman–Crippen LogP) is 6.42. The molecule has 0 aromatic heterocycles. The van der Waals surface area contributed by atoms with Crippen molar-refractivity contribution in [1.29, 1.82) is 0 Å². The molecule has 4 atom stereocenters. The van der Waals surface area contributed by atoms with Crippen molar-refractivity contribution in [2.45, 2.75) is 96.0 Å². The van der Waals surface area contributed by atoms with Gasteiger partial charge >= 0.3 is 5.97 Å². The molecule has 3 aromatic carbocycles. The Balaban J connectivity index is 1.61. The standard InChI is InChI=1S/C37H48O6Si/c1-28(43-44(36(2,3)4,30-21-12-8-13-22-30)31-23-14-9-15-24-31)18-16-25-32(40-35(39)29-19-10-7-11-20-29)34-33(26-17-27-38)41-37(5,6)42-34/h7-16,19-25,28,32-34,38H,17-18,26-27H2,1-6H3/b25-16-/t28-,32?,33+,34-/m1/s1. The minimum absolute atomic E-state index is 0.0500. The number of carbonyl (C=O) groups excluding carboxylic acids is 1. The molecule has 3 aromatic rings. The first-order chi connectivity index (χ1) is 21.0. The van der Waals surface area contributed by atoms with E-state index in [-0.39, 0.29) is 23.9 Å². The van der Waals surface area contributed by atoms with Gasteiger partial charge in [-0.1, -0.05) is 106 Å². The summed E-state index contributed by atoms with van der Waals surface area (Å²) < 4.78 is 25.8. The Morgan fingerprint density at radius 3 is 2.00 bits per heavy atom. The summed E-state index contributed by atoms with van der Waals surface area (Å²) in [6.45, 7) is 12.7. The fourth-order valence-electron chi connectivity index (χ4n) is 6.08. The van der Waals surface area contributed by atoms with Crippen molar-refractivity contribution in [1.82, 2.24) is 0 Å². The van der Waals surface area contributed by atoms with Crippen LogP contribution in [0.5, 0.6) is 0 Å². The molecule has 6 nitrogen and oxygen atoms in total. The van der Waals surface area contributed by atoms with E-state index >= 15 is 0 Å². The summed E-state index contributed by atoms with van der Waals surface area (Å²) in [5.41, 5.74) is 0.472. The third kappa shape index (κ3) is 8.14. The lowest BCUT2D eigenvalue weighted by atomic mass is 10.0. The predicted molar refractivity (Wildman–Crippen MR) is 178 cm³/mol. The molecule has 1 aliphatic rings. The van der Waals surface area contributed by atoms with E-state index in [0.29, 0.717) is 24.8 Å². The van der Waals surface area contributed by atoms with E-state index in [2.05, 4.69) is 76.2 Å². The van der Waals surface area contributed by atoms with Crippen LogP contribution in [0.3, 0.4) is 0 Å². The van der Waals surface area contributed by atoms with E-state index in [4.69, 9.17) is 18.6 Å². The number of rotatable bonds is 13. The monoisotopic (exact) mass is 616 g/mol. The van der Waals surface area contributed by atoms with Gasteiger partial charge in [-0.25, -0.2) is 4.79 Å². The lowest BCUT2D eigenvalue weighted by Gasteiger charge is -2.44. The molecule has 0 bridgehead atoms. The number of ether oxygens (including phenoxy) is 3. The second kappa shape index (κ2) is 14.8. The van der Waals surface area contributed by atoms with E-state index in [0.717, 1.165) is 0 Å². The van der Waals surface area contributed by atoms with Gasteiger partial charge in [0.2, 0.25) is 0 Å². The number of benzene rings is 3. The molecule has 0 aliphatic carbocycles. The van der Waals surface area contributed by atoms with E-state index in [1.54, 1.807) is 12.1 Å².